The molecule has 2 heterocycles. The van der Waals surface area contributed by atoms with Crippen molar-refractivity contribution in [2.75, 3.05) is 7.11 Å². The summed E-state index contributed by atoms with van der Waals surface area (Å²) in [6.07, 6.45) is 1.20. The molecule has 0 spiro atoms. The highest BCUT2D eigenvalue weighted by molar-refractivity contribution is 7.12. The molecule has 1 aliphatic heterocycles. The molecule has 0 fully saturated rings. The number of hydrazone groups is 1. The van der Waals surface area contributed by atoms with Gasteiger partial charge in [-0.2, -0.15) is 5.10 Å². The standard InChI is InChI=1S/C18H20N2O2S/c1-4-17(21)20-16(13-5-7-14(22-3)8-6-13)11-15(19-20)18-12(2)9-10-23-18/h5-10,16H,4,11H2,1-3H3. The van der Waals surface area contributed by atoms with Gasteiger partial charge in [0.25, 0.3) is 0 Å². The molecule has 0 saturated heterocycles. The number of amides is 1. The molecule has 1 aliphatic rings. The van der Waals surface area contributed by atoms with Crippen LogP contribution in [0.4, 0.5) is 0 Å². The first-order valence-corrected chi connectivity index (χ1v) is 8.60. The van der Waals surface area contributed by atoms with Gasteiger partial charge in [-0.1, -0.05) is 19.1 Å². The monoisotopic (exact) mass is 328 g/mol. The minimum Gasteiger partial charge on any atom is -0.497 e. The normalized spacial score (nSPS) is 17.3. The number of hydrogen-bond acceptors (Lipinski definition) is 4. The summed E-state index contributed by atoms with van der Waals surface area (Å²) >= 11 is 1.68. The summed E-state index contributed by atoms with van der Waals surface area (Å²) in [5.74, 6) is 0.866. The molecule has 23 heavy (non-hydrogen) atoms. The largest absolute Gasteiger partial charge is 0.497 e. The lowest BCUT2D eigenvalue weighted by molar-refractivity contribution is -0.132. The van der Waals surface area contributed by atoms with Gasteiger partial charge in [-0.25, -0.2) is 5.01 Å². The van der Waals surface area contributed by atoms with Crippen LogP contribution in [0.1, 0.15) is 41.8 Å². The van der Waals surface area contributed by atoms with E-state index in [1.54, 1.807) is 23.5 Å². The third-order valence-electron chi connectivity index (χ3n) is 4.09. The zero-order valence-electron chi connectivity index (χ0n) is 13.6. The molecule has 4 nitrogen and oxygen atoms in total. The van der Waals surface area contributed by atoms with Crippen molar-refractivity contribution in [2.45, 2.75) is 32.7 Å². The van der Waals surface area contributed by atoms with E-state index in [-0.39, 0.29) is 11.9 Å². The Bertz CT molecular complexity index is 734. The van der Waals surface area contributed by atoms with Crippen LogP contribution in [-0.2, 0) is 4.79 Å². The maximum absolute atomic E-state index is 12.3. The molecule has 3 rings (SSSR count). The fraction of sp³-hybridized carbons (Fsp3) is 0.333. The van der Waals surface area contributed by atoms with Gasteiger partial charge in [-0.05, 0) is 41.6 Å². The summed E-state index contributed by atoms with van der Waals surface area (Å²) in [7, 11) is 1.65. The van der Waals surface area contributed by atoms with E-state index in [1.807, 2.05) is 31.2 Å². The smallest absolute Gasteiger partial charge is 0.242 e. The topological polar surface area (TPSA) is 41.9 Å². The van der Waals surface area contributed by atoms with Gasteiger partial charge in [0.05, 0.1) is 23.7 Å². The van der Waals surface area contributed by atoms with Crippen LogP contribution in [0.3, 0.4) is 0 Å². The van der Waals surface area contributed by atoms with Gasteiger partial charge in [-0.15, -0.1) is 11.3 Å². The van der Waals surface area contributed by atoms with Crippen molar-refractivity contribution in [1.29, 1.82) is 0 Å². The number of aryl methyl sites for hydroxylation is 1. The molecule has 1 atom stereocenters. The molecule has 1 amide bonds. The molecule has 1 aromatic carbocycles. The van der Waals surface area contributed by atoms with Crippen molar-refractivity contribution in [1.82, 2.24) is 5.01 Å². The van der Waals surface area contributed by atoms with E-state index in [2.05, 4.69) is 23.5 Å². The van der Waals surface area contributed by atoms with Gasteiger partial charge in [-0.3, -0.25) is 4.79 Å². The summed E-state index contributed by atoms with van der Waals surface area (Å²) < 4.78 is 5.22. The van der Waals surface area contributed by atoms with Gasteiger partial charge in [0.15, 0.2) is 0 Å². The molecule has 0 saturated carbocycles. The van der Waals surface area contributed by atoms with Crippen molar-refractivity contribution < 1.29 is 9.53 Å². The van der Waals surface area contributed by atoms with Crippen LogP contribution >= 0.6 is 11.3 Å². The number of carbonyl (C=O) groups excluding carboxylic acids is 1. The van der Waals surface area contributed by atoms with Crippen LogP contribution in [0.15, 0.2) is 40.8 Å². The quantitative estimate of drug-likeness (QED) is 0.846. The average molecular weight is 328 g/mol. The summed E-state index contributed by atoms with van der Waals surface area (Å²) in [6, 6.07) is 9.94. The van der Waals surface area contributed by atoms with Gasteiger partial charge in [0, 0.05) is 12.8 Å². The predicted octanol–water partition coefficient (Wildman–Crippen LogP) is 4.15. The predicted molar refractivity (Wildman–Crippen MR) is 93.1 cm³/mol. The van der Waals surface area contributed by atoms with E-state index in [0.717, 1.165) is 23.4 Å². The van der Waals surface area contributed by atoms with Crippen LogP contribution in [0.5, 0.6) is 5.75 Å². The Hall–Kier alpha value is -2.14. The van der Waals surface area contributed by atoms with Crippen molar-refractivity contribution in [2.24, 2.45) is 5.10 Å². The second-order valence-electron chi connectivity index (χ2n) is 5.56. The zero-order chi connectivity index (χ0) is 16.4. The highest BCUT2D eigenvalue weighted by Crippen LogP contribution is 2.35. The van der Waals surface area contributed by atoms with Gasteiger partial charge < -0.3 is 4.74 Å². The lowest BCUT2D eigenvalue weighted by Crippen LogP contribution is -2.26. The maximum Gasteiger partial charge on any atom is 0.242 e. The SMILES string of the molecule is CCC(=O)N1N=C(c2sccc2C)CC1c1ccc(OC)cc1. The van der Waals surface area contributed by atoms with E-state index in [9.17, 15) is 4.79 Å². The molecule has 1 aromatic heterocycles. The number of nitrogens with zero attached hydrogens (tertiary/aromatic N) is 2. The molecule has 0 N–H and O–H groups in total. The Morgan fingerprint density at radius 3 is 2.65 bits per heavy atom. The maximum atomic E-state index is 12.3. The van der Waals surface area contributed by atoms with Gasteiger partial charge in [0.2, 0.25) is 5.91 Å². The Kier molecular flexibility index (Phi) is 4.48. The molecule has 0 radical (unpaired) electrons. The number of methoxy groups -OCH3 is 1. The Morgan fingerprint density at radius 1 is 1.35 bits per heavy atom. The Morgan fingerprint density at radius 2 is 2.09 bits per heavy atom. The molecule has 1 unspecified atom stereocenters. The Labute approximate surface area is 140 Å². The number of ether oxygens (including phenoxy) is 1. The summed E-state index contributed by atoms with van der Waals surface area (Å²) in [4.78, 5) is 13.5. The first kappa shape index (κ1) is 15.7. The second-order valence-corrected chi connectivity index (χ2v) is 6.48. The third-order valence-corrected chi connectivity index (χ3v) is 5.16. The van der Waals surface area contributed by atoms with Crippen LogP contribution in [-0.4, -0.2) is 23.7 Å². The zero-order valence-corrected chi connectivity index (χ0v) is 14.4. The third kappa shape index (κ3) is 3.01. The van der Waals surface area contributed by atoms with Crippen LogP contribution in [0, 0.1) is 6.92 Å². The lowest BCUT2D eigenvalue weighted by Gasteiger charge is -2.21. The summed E-state index contributed by atoms with van der Waals surface area (Å²) in [6.45, 7) is 3.96. The summed E-state index contributed by atoms with van der Waals surface area (Å²) in [5, 5.41) is 8.36. The molecule has 5 heteroatoms. The molecule has 0 bridgehead atoms. The van der Waals surface area contributed by atoms with Crippen LogP contribution in [0.25, 0.3) is 0 Å². The lowest BCUT2D eigenvalue weighted by atomic mass is 10.00. The van der Waals surface area contributed by atoms with E-state index < -0.39 is 0 Å². The van der Waals surface area contributed by atoms with Crippen molar-refractivity contribution in [3.05, 3.63) is 51.7 Å². The number of hydrogen-bond donors (Lipinski definition) is 0. The van der Waals surface area contributed by atoms with Crippen LogP contribution in [0.2, 0.25) is 0 Å². The number of thiophene rings is 1. The molecule has 0 aliphatic carbocycles. The van der Waals surface area contributed by atoms with E-state index in [4.69, 9.17) is 4.74 Å². The number of benzene rings is 1. The Balaban J connectivity index is 1.93. The highest BCUT2D eigenvalue weighted by Gasteiger charge is 2.33. The molecule has 120 valence electrons. The minimum absolute atomic E-state index is 0.0372. The van der Waals surface area contributed by atoms with Crippen LogP contribution < -0.4 is 4.74 Å². The van der Waals surface area contributed by atoms with E-state index in [0.29, 0.717) is 6.42 Å². The second kappa shape index (κ2) is 6.54. The average Bonchev–Trinajstić information content (AvgIpc) is 3.20. The van der Waals surface area contributed by atoms with Crippen molar-refractivity contribution in [3.8, 4) is 5.75 Å². The van der Waals surface area contributed by atoms with Gasteiger partial charge in [0.1, 0.15) is 5.75 Å². The first-order chi connectivity index (χ1) is 11.1. The number of rotatable bonds is 4. The number of carbonyl (C=O) groups is 1. The van der Waals surface area contributed by atoms with E-state index >= 15 is 0 Å². The van der Waals surface area contributed by atoms with Crippen molar-refractivity contribution in [3.63, 3.8) is 0 Å². The fourth-order valence-electron chi connectivity index (χ4n) is 2.79. The van der Waals surface area contributed by atoms with E-state index in [1.165, 1.54) is 10.4 Å². The fourth-order valence-corrected chi connectivity index (χ4v) is 3.72. The van der Waals surface area contributed by atoms with Gasteiger partial charge >= 0.3 is 0 Å². The first-order valence-electron chi connectivity index (χ1n) is 7.72. The molecule has 2 aromatic rings. The summed E-state index contributed by atoms with van der Waals surface area (Å²) in [5.41, 5.74) is 3.30. The molecular weight excluding hydrogens is 308 g/mol. The molecular formula is C18H20N2O2S. The minimum atomic E-state index is -0.0372. The van der Waals surface area contributed by atoms with Crippen molar-refractivity contribution >= 4 is 23.0 Å². The highest BCUT2D eigenvalue weighted by atomic mass is 32.1.